The second-order valence-electron chi connectivity index (χ2n) is 3.95. The van der Waals surface area contributed by atoms with E-state index in [0.717, 1.165) is 13.1 Å². The van der Waals surface area contributed by atoms with Gasteiger partial charge in [0.05, 0.1) is 0 Å². The van der Waals surface area contributed by atoms with Crippen molar-refractivity contribution in [3.8, 4) is 0 Å². The van der Waals surface area contributed by atoms with Gasteiger partial charge in [0.25, 0.3) is 0 Å². The van der Waals surface area contributed by atoms with Crippen LogP contribution < -0.4 is 0 Å². The fraction of sp³-hybridized carbons (Fsp3) is 0.538. The highest BCUT2D eigenvalue weighted by Crippen LogP contribution is 2.15. The van der Waals surface area contributed by atoms with Crippen LogP contribution in [0.25, 0.3) is 0 Å². The average molecular weight is 270 g/mol. The van der Waals surface area contributed by atoms with E-state index < -0.39 is 0 Å². The SMILES string of the molecule is CCC(C)N(CC)Cc1cccc(Br)c1. The standard InChI is InChI=1S/C13H20BrN/c1-4-11(3)15(5-2)10-12-7-6-8-13(14)9-12/h6-9,11H,4-5,10H2,1-3H3. The Morgan fingerprint density at radius 3 is 2.60 bits per heavy atom. The van der Waals surface area contributed by atoms with Gasteiger partial charge < -0.3 is 0 Å². The molecule has 0 N–H and O–H groups in total. The Morgan fingerprint density at radius 1 is 1.33 bits per heavy atom. The summed E-state index contributed by atoms with van der Waals surface area (Å²) in [7, 11) is 0. The number of halogens is 1. The molecular weight excluding hydrogens is 250 g/mol. The van der Waals surface area contributed by atoms with Gasteiger partial charge in [-0.05, 0) is 37.6 Å². The number of benzene rings is 1. The van der Waals surface area contributed by atoms with Crippen LogP contribution in [-0.4, -0.2) is 17.5 Å². The highest BCUT2D eigenvalue weighted by Gasteiger charge is 2.10. The van der Waals surface area contributed by atoms with Crippen LogP contribution in [0.3, 0.4) is 0 Å². The van der Waals surface area contributed by atoms with Crippen molar-refractivity contribution in [3.63, 3.8) is 0 Å². The van der Waals surface area contributed by atoms with Crippen LogP contribution in [-0.2, 0) is 6.54 Å². The van der Waals surface area contributed by atoms with Crippen LogP contribution in [0, 0.1) is 0 Å². The van der Waals surface area contributed by atoms with Gasteiger partial charge in [-0.15, -0.1) is 0 Å². The molecule has 1 nitrogen and oxygen atoms in total. The summed E-state index contributed by atoms with van der Waals surface area (Å²) in [6.45, 7) is 8.92. The van der Waals surface area contributed by atoms with Crippen molar-refractivity contribution in [2.24, 2.45) is 0 Å². The van der Waals surface area contributed by atoms with Gasteiger partial charge in [0.15, 0.2) is 0 Å². The first-order chi connectivity index (χ1) is 7.17. The topological polar surface area (TPSA) is 3.24 Å². The number of hydrogen-bond donors (Lipinski definition) is 0. The van der Waals surface area contributed by atoms with E-state index in [1.807, 2.05) is 0 Å². The predicted octanol–water partition coefficient (Wildman–Crippen LogP) is 4.07. The van der Waals surface area contributed by atoms with Gasteiger partial charge in [0, 0.05) is 17.1 Å². The van der Waals surface area contributed by atoms with E-state index in [0.29, 0.717) is 6.04 Å². The minimum atomic E-state index is 0.661. The summed E-state index contributed by atoms with van der Waals surface area (Å²) in [5.41, 5.74) is 1.38. The van der Waals surface area contributed by atoms with Crippen molar-refractivity contribution in [3.05, 3.63) is 34.3 Å². The van der Waals surface area contributed by atoms with Gasteiger partial charge in [-0.3, -0.25) is 4.90 Å². The molecule has 0 heterocycles. The minimum Gasteiger partial charge on any atom is -0.297 e. The van der Waals surface area contributed by atoms with Crippen LogP contribution in [0.2, 0.25) is 0 Å². The minimum absolute atomic E-state index is 0.661. The van der Waals surface area contributed by atoms with Gasteiger partial charge in [0.1, 0.15) is 0 Å². The second kappa shape index (κ2) is 6.29. The van der Waals surface area contributed by atoms with E-state index in [1.54, 1.807) is 0 Å². The summed E-state index contributed by atoms with van der Waals surface area (Å²) in [6, 6.07) is 9.22. The fourth-order valence-electron chi connectivity index (χ4n) is 1.71. The molecule has 2 heteroatoms. The maximum Gasteiger partial charge on any atom is 0.0236 e. The Bertz CT molecular complexity index is 298. The Labute approximate surface area is 102 Å². The van der Waals surface area contributed by atoms with E-state index in [1.165, 1.54) is 16.5 Å². The second-order valence-corrected chi connectivity index (χ2v) is 4.87. The van der Waals surface area contributed by atoms with Crippen LogP contribution in [0.4, 0.5) is 0 Å². The van der Waals surface area contributed by atoms with Crippen molar-refractivity contribution in [1.29, 1.82) is 0 Å². The first-order valence-electron chi connectivity index (χ1n) is 5.65. The molecule has 0 bridgehead atoms. The molecular formula is C13H20BrN. The summed E-state index contributed by atoms with van der Waals surface area (Å²) in [5.74, 6) is 0. The molecule has 15 heavy (non-hydrogen) atoms. The molecule has 0 amide bonds. The molecule has 0 fully saturated rings. The predicted molar refractivity (Wildman–Crippen MR) is 70.0 cm³/mol. The molecule has 0 aliphatic heterocycles. The number of nitrogens with zero attached hydrogens (tertiary/aromatic N) is 1. The molecule has 1 unspecified atom stereocenters. The summed E-state index contributed by atoms with van der Waals surface area (Å²) in [6.07, 6.45) is 1.21. The zero-order chi connectivity index (χ0) is 11.3. The van der Waals surface area contributed by atoms with Gasteiger partial charge in [-0.2, -0.15) is 0 Å². The molecule has 1 aromatic carbocycles. The molecule has 1 aromatic rings. The van der Waals surface area contributed by atoms with Crippen LogP contribution in [0.5, 0.6) is 0 Å². The fourth-order valence-corrected chi connectivity index (χ4v) is 2.15. The van der Waals surface area contributed by atoms with Crippen molar-refractivity contribution in [2.45, 2.75) is 39.8 Å². The lowest BCUT2D eigenvalue weighted by molar-refractivity contribution is 0.206. The highest BCUT2D eigenvalue weighted by atomic mass is 79.9. The van der Waals surface area contributed by atoms with Crippen molar-refractivity contribution in [2.75, 3.05) is 6.54 Å². The first-order valence-corrected chi connectivity index (χ1v) is 6.45. The number of rotatable bonds is 5. The Balaban J connectivity index is 2.66. The quantitative estimate of drug-likeness (QED) is 0.779. The highest BCUT2D eigenvalue weighted by molar-refractivity contribution is 9.10. The van der Waals surface area contributed by atoms with E-state index in [9.17, 15) is 0 Å². The van der Waals surface area contributed by atoms with E-state index >= 15 is 0 Å². The maximum atomic E-state index is 3.51. The summed E-state index contributed by atoms with van der Waals surface area (Å²) >= 11 is 3.51. The summed E-state index contributed by atoms with van der Waals surface area (Å²) in [5, 5.41) is 0. The number of hydrogen-bond acceptors (Lipinski definition) is 1. The van der Waals surface area contributed by atoms with E-state index in [-0.39, 0.29) is 0 Å². The molecule has 0 aromatic heterocycles. The van der Waals surface area contributed by atoms with Crippen LogP contribution >= 0.6 is 15.9 Å². The van der Waals surface area contributed by atoms with Gasteiger partial charge in [0.2, 0.25) is 0 Å². The van der Waals surface area contributed by atoms with Crippen molar-refractivity contribution in [1.82, 2.24) is 4.90 Å². The third kappa shape index (κ3) is 3.96. The summed E-state index contributed by atoms with van der Waals surface area (Å²) < 4.78 is 1.17. The largest absolute Gasteiger partial charge is 0.297 e. The smallest absolute Gasteiger partial charge is 0.0236 e. The monoisotopic (exact) mass is 269 g/mol. The van der Waals surface area contributed by atoms with E-state index in [2.05, 4.69) is 65.9 Å². The lowest BCUT2D eigenvalue weighted by Gasteiger charge is -2.27. The van der Waals surface area contributed by atoms with E-state index in [4.69, 9.17) is 0 Å². The zero-order valence-electron chi connectivity index (χ0n) is 9.83. The Morgan fingerprint density at radius 2 is 2.07 bits per heavy atom. The molecule has 0 saturated heterocycles. The normalized spacial score (nSPS) is 13.1. The lowest BCUT2D eigenvalue weighted by atomic mass is 10.1. The molecule has 84 valence electrons. The van der Waals surface area contributed by atoms with Crippen LogP contribution in [0.1, 0.15) is 32.8 Å². The molecule has 0 radical (unpaired) electrons. The molecule has 1 rings (SSSR count). The first kappa shape index (κ1) is 12.7. The van der Waals surface area contributed by atoms with Gasteiger partial charge >= 0.3 is 0 Å². The Kier molecular flexibility index (Phi) is 5.34. The molecule has 0 aliphatic rings. The maximum absolute atomic E-state index is 3.51. The van der Waals surface area contributed by atoms with Crippen molar-refractivity contribution >= 4 is 15.9 Å². The lowest BCUT2D eigenvalue weighted by Crippen LogP contribution is -2.31. The molecule has 0 aliphatic carbocycles. The average Bonchev–Trinajstić information content (AvgIpc) is 2.25. The molecule has 0 spiro atoms. The third-order valence-corrected chi connectivity index (χ3v) is 3.39. The Hall–Kier alpha value is -0.340. The molecule has 0 saturated carbocycles. The third-order valence-electron chi connectivity index (χ3n) is 2.90. The summed E-state index contributed by atoms with van der Waals surface area (Å²) in [4.78, 5) is 2.50. The zero-order valence-corrected chi connectivity index (χ0v) is 11.4. The van der Waals surface area contributed by atoms with Gasteiger partial charge in [-0.1, -0.05) is 41.9 Å². The van der Waals surface area contributed by atoms with Crippen molar-refractivity contribution < 1.29 is 0 Å². The van der Waals surface area contributed by atoms with Crippen LogP contribution in [0.15, 0.2) is 28.7 Å². The molecule has 1 atom stereocenters. The van der Waals surface area contributed by atoms with Gasteiger partial charge in [-0.25, -0.2) is 0 Å².